The second kappa shape index (κ2) is 25.8. The van der Waals surface area contributed by atoms with E-state index in [0.29, 0.717) is 24.8 Å². The Morgan fingerprint density at radius 3 is 2.31 bits per heavy atom. The smallest absolute Gasteiger partial charge is 0.481 e. The van der Waals surface area contributed by atoms with Crippen LogP contribution < -0.4 is 20.7 Å². The number of rotatable bonds is 24. The van der Waals surface area contributed by atoms with Gasteiger partial charge in [-0.25, -0.2) is 14.3 Å². The van der Waals surface area contributed by atoms with Crippen molar-refractivity contribution >= 4 is 79.2 Å². The quantitative estimate of drug-likeness (QED) is 0.0270. The maximum absolute atomic E-state index is 14.3. The van der Waals surface area contributed by atoms with Gasteiger partial charge < -0.3 is 40.0 Å². The maximum atomic E-state index is 14.3. The number of carboxylic acids is 1. The molecule has 1 saturated heterocycles. The molecule has 1 aromatic carbocycles. The van der Waals surface area contributed by atoms with E-state index in [2.05, 4.69) is 38.1 Å². The van der Waals surface area contributed by atoms with Crippen molar-refractivity contribution in [2.24, 2.45) is 17.8 Å². The van der Waals surface area contributed by atoms with Crippen LogP contribution in [0.4, 0.5) is 10.5 Å². The zero-order chi connectivity index (χ0) is 51.3. The maximum Gasteiger partial charge on any atom is 0.529 e. The lowest BCUT2D eigenvalue weighted by Crippen LogP contribution is -2.58. The number of amides is 4. The number of benzene rings is 1. The molecule has 0 aliphatic carbocycles. The minimum Gasteiger partial charge on any atom is -0.481 e. The molecule has 20 nitrogen and oxygen atoms in total. The van der Waals surface area contributed by atoms with Crippen LogP contribution in [0.1, 0.15) is 134 Å². The molecule has 1 aliphatic rings. The minimum absolute atomic E-state index is 0.000334. The number of carbonyl (C=O) groups excluding carboxylic acids is 6. The van der Waals surface area contributed by atoms with Crippen molar-refractivity contribution in [2.75, 3.05) is 26.0 Å². The number of phosphoric ester groups is 1. The highest BCUT2D eigenvalue weighted by Crippen LogP contribution is 2.38. The summed E-state index contributed by atoms with van der Waals surface area (Å²) < 4.78 is 25.5. The highest BCUT2D eigenvalue weighted by Gasteiger charge is 2.38. The van der Waals surface area contributed by atoms with Crippen LogP contribution in [0.15, 0.2) is 23.6 Å². The van der Waals surface area contributed by atoms with Gasteiger partial charge in [0.1, 0.15) is 16.7 Å². The van der Waals surface area contributed by atoms with Crippen molar-refractivity contribution in [3.63, 3.8) is 0 Å². The van der Waals surface area contributed by atoms with Crippen LogP contribution in [0.5, 0.6) is 5.75 Å². The average Bonchev–Trinajstić information content (AvgIpc) is 3.73. The molecule has 2 heterocycles. The Bertz CT molecular complexity index is 2140. The molecule has 23 heteroatoms. The van der Waals surface area contributed by atoms with Crippen LogP contribution in [-0.4, -0.2) is 121 Å². The van der Waals surface area contributed by atoms with Crippen molar-refractivity contribution in [3.8, 4) is 5.75 Å². The van der Waals surface area contributed by atoms with E-state index in [0.717, 1.165) is 30.7 Å². The van der Waals surface area contributed by atoms with Gasteiger partial charge in [0, 0.05) is 49.0 Å². The molecule has 1 fully saturated rings. The summed E-state index contributed by atoms with van der Waals surface area (Å²) >= 11 is 5.50. The summed E-state index contributed by atoms with van der Waals surface area (Å²) in [6.45, 7) is 14.8. The van der Waals surface area contributed by atoms with Crippen LogP contribution in [0.25, 0.3) is 0 Å². The number of carboxylic acid groups (broad SMARTS) is 1. The molecule has 6 N–H and O–H groups in total. The monoisotopic (exact) mass is 1010 g/mol. The van der Waals surface area contributed by atoms with Crippen molar-refractivity contribution in [3.05, 3.63) is 39.8 Å². The van der Waals surface area contributed by atoms with Crippen LogP contribution in [0.3, 0.4) is 0 Å². The second-order valence-electron chi connectivity index (χ2n) is 18.5. The number of aromatic nitrogens is 1. The van der Waals surface area contributed by atoms with Crippen molar-refractivity contribution in [2.45, 2.75) is 148 Å². The Labute approximate surface area is 407 Å². The summed E-state index contributed by atoms with van der Waals surface area (Å²) in [6.07, 6.45) is 0.915. The Kier molecular flexibility index (Phi) is 21.9. The second-order valence-corrected chi connectivity index (χ2v) is 21.8. The predicted molar refractivity (Wildman–Crippen MR) is 257 cm³/mol. The average molecular weight is 1010 g/mol. The summed E-state index contributed by atoms with van der Waals surface area (Å²) in [5.41, 5.74) is 0.293. The highest BCUT2D eigenvalue weighted by atomic mass is 32.1. The number of esters is 1. The first kappa shape index (κ1) is 57.7. The largest absolute Gasteiger partial charge is 0.529 e. The SMILES string of the molecule is CC[C@H](C)[C@H](NC(=O)[C@H]1CCCCN1C)C(=O)N(C)[C@H](C[C@@H](OC(C)=O)c1nc(C(=O)N[C@@H](Cc2ccc(OC(=O)OP(=O)(O)O)c(NC(=O)CCC(C)(C)S)c2)CC(C)C(=O)O)cs1)C(C)C. The van der Waals surface area contributed by atoms with E-state index in [1.807, 2.05) is 53.5 Å². The number of thiol groups is 1. The Hall–Kier alpha value is -4.60. The van der Waals surface area contributed by atoms with Gasteiger partial charge in [0.15, 0.2) is 11.9 Å². The molecule has 1 aromatic heterocycles. The number of ether oxygens (including phenoxy) is 2. The fourth-order valence-corrected chi connectivity index (χ4v) is 8.93. The number of hydrogen-bond donors (Lipinski definition) is 7. The molecule has 0 saturated carbocycles. The molecule has 0 bridgehead atoms. The van der Waals surface area contributed by atoms with Crippen LogP contribution >= 0.6 is 31.8 Å². The zero-order valence-electron chi connectivity index (χ0n) is 40.5. The van der Waals surface area contributed by atoms with E-state index in [-0.39, 0.29) is 77.5 Å². The number of piperidine rings is 1. The third-order valence-corrected chi connectivity index (χ3v) is 13.4. The van der Waals surface area contributed by atoms with E-state index >= 15 is 0 Å². The van der Waals surface area contributed by atoms with Crippen molar-refractivity contribution in [1.29, 1.82) is 0 Å². The van der Waals surface area contributed by atoms with E-state index < -0.39 is 72.6 Å². The fraction of sp³-hybridized carbons (Fsp3) is 0.644. The highest BCUT2D eigenvalue weighted by molar-refractivity contribution is 7.81. The lowest BCUT2D eigenvalue weighted by Gasteiger charge is -2.38. The number of anilines is 1. The number of phosphoric acid groups is 1. The minimum atomic E-state index is -5.28. The number of carbonyl (C=O) groups is 7. The van der Waals surface area contributed by atoms with Gasteiger partial charge in [0.2, 0.25) is 17.7 Å². The van der Waals surface area contributed by atoms with Gasteiger partial charge in [-0.05, 0) is 75.2 Å². The molecule has 380 valence electrons. The van der Waals surface area contributed by atoms with E-state index in [9.17, 15) is 43.2 Å². The Morgan fingerprint density at radius 1 is 1.06 bits per heavy atom. The van der Waals surface area contributed by atoms with Gasteiger partial charge in [-0.1, -0.05) is 67.4 Å². The Morgan fingerprint density at radius 2 is 1.74 bits per heavy atom. The molecular weight excluding hydrogens is 944 g/mol. The molecule has 68 heavy (non-hydrogen) atoms. The van der Waals surface area contributed by atoms with E-state index in [1.165, 1.54) is 37.4 Å². The van der Waals surface area contributed by atoms with Crippen molar-refractivity contribution in [1.82, 2.24) is 25.4 Å². The fourth-order valence-electron chi connectivity index (χ4n) is 7.75. The molecule has 1 unspecified atom stereocenters. The summed E-state index contributed by atoms with van der Waals surface area (Å²) in [5, 5.41) is 20.1. The Balaban J connectivity index is 1.91. The van der Waals surface area contributed by atoms with Gasteiger partial charge in [0.05, 0.1) is 17.6 Å². The normalized spacial score (nSPS) is 17.1. The van der Waals surface area contributed by atoms with Crippen LogP contribution in [0.2, 0.25) is 0 Å². The lowest BCUT2D eigenvalue weighted by atomic mass is 9.92. The first-order valence-corrected chi connectivity index (χ1v) is 25.5. The summed E-state index contributed by atoms with van der Waals surface area (Å²) in [5.74, 6) is -5.01. The van der Waals surface area contributed by atoms with Crippen LogP contribution in [-0.2, 0) is 44.2 Å². The first-order chi connectivity index (χ1) is 31.6. The van der Waals surface area contributed by atoms with Gasteiger partial charge >= 0.3 is 25.9 Å². The van der Waals surface area contributed by atoms with Gasteiger partial charge in [-0.2, -0.15) is 12.6 Å². The molecule has 3 rings (SSSR count). The number of likely N-dealkylation sites (N-methyl/N-ethyl adjacent to an activating group) is 2. The van der Waals surface area contributed by atoms with Gasteiger partial charge in [-0.3, -0.25) is 43.5 Å². The molecular formula is C45H69N6O14PS2. The van der Waals surface area contributed by atoms with Crippen LogP contribution in [0, 0.1) is 17.8 Å². The number of likely N-dealkylation sites (tertiary alicyclic amines) is 1. The first-order valence-electron chi connectivity index (χ1n) is 22.6. The third kappa shape index (κ3) is 18.7. The van der Waals surface area contributed by atoms with E-state index in [4.69, 9.17) is 19.3 Å². The third-order valence-electron chi connectivity index (χ3n) is 11.8. The summed E-state index contributed by atoms with van der Waals surface area (Å²) in [4.78, 5) is 118. The molecule has 0 radical (unpaired) electrons. The standard InChI is InChI=1S/C45H69N6O14PS2/c1-11-26(4)38(49-40(55)33-14-12-13-19-50(33)9)42(56)51(10)34(25(2)3)23-36(63-28(6)52)41-48-32(24-68-41)39(54)46-30(20-27(5)43(57)58)21-29-15-16-35(64-44(59)65-66(60,61)62)31(22-29)47-37(53)17-18-45(7,8)67/h15-16,22,24-27,30,33-34,36,38,67H,11-14,17-21,23H2,1-10H3,(H,46,54)(H,47,53)(H,49,55)(H,57,58)(H2,60,61,62)/t26-,27?,30+,33+,34+,36+,38-/m0/s1. The lowest BCUT2D eigenvalue weighted by molar-refractivity contribution is -0.149. The molecule has 1 aliphatic heterocycles. The summed E-state index contributed by atoms with van der Waals surface area (Å²) in [7, 11) is -1.71. The number of nitrogens with one attached hydrogen (secondary N) is 3. The van der Waals surface area contributed by atoms with E-state index in [1.54, 1.807) is 11.9 Å². The number of aliphatic carboxylic acids is 1. The number of nitrogens with zero attached hydrogens (tertiary/aromatic N) is 3. The molecule has 2 aromatic rings. The van der Waals surface area contributed by atoms with Gasteiger partial charge in [-0.15, -0.1) is 11.3 Å². The zero-order valence-corrected chi connectivity index (χ0v) is 43.1. The molecule has 0 spiro atoms. The summed E-state index contributed by atoms with van der Waals surface area (Å²) in [6, 6.07) is 1.58. The predicted octanol–water partition coefficient (Wildman–Crippen LogP) is 6.12. The number of hydrogen-bond acceptors (Lipinski definition) is 15. The molecule has 7 atom stereocenters. The molecule has 4 amide bonds. The van der Waals surface area contributed by atoms with Gasteiger partial charge in [0.25, 0.3) is 5.91 Å². The topological polar surface area (TPSA) is 280 Å². The van der Waals surface area contributed by atoms with Crippen molar-refractivity contribution < 1.29 is 67.0 Å². The number of thiazole rings is 1.